The van der Waals surface area contributed by atoms with E-state index in [2.05, 4.69) is 16.7 Å². The van der Waals surface area contributed by atoms with Crippen LogP contribution in [0.1, 0.15) is 51.2 Å². The fourth-order valence-electron chi connectivity index (χ4n) is 4.52. The van der Waals surface area contributed by atoms with Crippen molar-refractivity contribution in [1.29, 1.82) is 0 Å². The van der Waals surface area contributed by atoms with Crippen LogP contribution < -0.4 is 17.1 Å². The summed E-state index contributed by atoms with van der Waals surface area (Å²) in [4.78, 5) is 26.6. The molecule has 3 aromatic rings. The molecule has 1 amide bonds. The lowest BCUT2D eigenvalue weighted by Crippen LogP contribution is -2.47. The highest BCUT2D eigenvalue weighted by atomic mass is 16.4. The van der Waals surface area contributed by atoms with E-state index in [0.717, 1.165) is 46.2 Å². The summed E-state index contributed by atoms with van der Waals surface area (Å²) >= 11 is 0. The lowest BCUT2D eigenvalue weighted by Gasteiger charge is -2.32. The number of nitrogens with two attached hydrogens (primary N) is 2. The van der Waals surface area contributed by atoms with Crippen LogP contribution in [0.5, 0.6) is 0 Å². The van der Waals surface area contributed by atoms with Crippen LogP contribution in [0.2, 0.25) is 0 Å². The quantitative estimate of drug-likeness (QED) is 0.119. The van der Waals surface area contributed by atoms with Crippen molar-refractivity contribution in [2.45, 2.75) is 52.6 Å². The average molecular weight is 516 g/mol. The molecule has 6 N–H and O–H groups in total. The Morgan fingerprint density at radius 2 is 1.63 bits per heavy atom. The molecule has 3 rings (SSSR count). The van der Waals surface area contributed by atoms with Gasteiger partial charge in [0.1, 0.15) is 6.04 Å². The number of benzene rings is 3. The maximum absolute atomic E-state index is 13.0. The van der Waals surface area contributed by atoms with E-state index in [-0.39, 0.29) is 24.2 Å². The highest BCUT2D eigenvalue weighted by Crippen LogP contribution is 2.30. The number of carboxylic acids is 1. The smallest absolute Gasteiger partial charge is 0.326 e. The molecule has 0 heterocycles. The topological polar surface area (TPSA) is 134 Å². The highest BCUT2D eigenvalue weighted by Gasteiger charge is 2.32. The van der Waals surface area contributed by atoms with Gasteiger partial charge in [-0.2, -0.15) is 0 Å². The molecule has 3 aromatic carbocycles. The van der Waals surface area contributed by atoms with Gasteiger partial charge in [0, 0.05) is 18.5 Å². The molecule has 200 valence electrons. The van der Waals surface area contributed by atoms with Gasteiger partial charge in [-0.25, -0.2) is 16.2 Å². The van der Waals surface area contributed by atoms with E-state index in [4.69, 9.17) is 11.6 Å². The summed E-state index contributed by atoms with van der Waals surface area (Å²) in [5, 5.41) is 13.8. The average Bonchev–Trinajstić information content (AvgIpc) is 2.91. The van der Waals surface area contributed by atoms with Crippen molar-refractivity contribution in [1.82, 2.24) is 10.4 Å². The first-order valence-electron chi connectivity index (χ1n) is 12.9. The number of hydrazine groups is 1. The first kappa shape index (κ1) is 28.4. The van der Waals surface area contributed by atoms with E-state index in [1.165, 1.54) is 4.90 Å². The molecule has 0 fully saturated rings. The van der Waals surface area contributed by atoms with Gasteiger partial charge in [-0.15, -0.1) is 5.10 Å². The van der Waals surface area contributed by atoms with Crippen LogP contribution in [-0.4, -0.2) is 33.8 Å². The molecule has 8 heteroatoms. The maximum Gasteiger partial charge on any atom is 0.326 e. The van der Waals surface area contributed by atoms with Crippen LogP contribution in [0.4, 0.5) is 0 Å². The van der Waals surface area contributed by atoms with Crippen LogP contribution in [0.25, 0.3) is 22.3 Å². The van der Waals surface area contributed by atoms with E-state index >= 15 is 0 Å². The molecule has 1 unspecified atom stereocenters. The Hall–Kier alpha value is -4.17. The molecule has 0 aromatic heterocycles. The van der Waals surface area contributed by atoms with Crippen LogP contribution in [-0.2, 0) is 16.1 Å². The number of carboxylic acid groups (broad SMARTS) is 1. The molecule has 0 aliphatic carbocycles. The molecule has 0 aliphatic heterocycles. The van der Waals surface area contributed by atoms with E-state index in [0.29, 0.717) is 6.42 Å². The minimum absolute atomic E-state index is 0.145. The number of unbranched alkanes of at least 4 members (excludes halogenated alkanes) is 1. The molecule has 1 atom stereocenters. The normalized spacial score (nSPS) is 12.3. The molecule has 8 nitrogen and oxygen atoms in total. The third-order valence-corrected chi connectivity index (χ3v) is 6.49. The van der Waals surface area contributed by atoms with Crippen molar-refractivity contribution in [2.24, 2.45) is 22.6 Å². The van der Waals surface area contributed by atoms with Crippen LogP contribution in [0, 0.1) is 5.92 Å². The molecule has 0 bridgehead atoms. The predicted octanol–water partition coefficient (Wildman–Crippen LogP) is 4.73. The van der Waals surface area contributed by atoms with E-state index in [1.807, 2.05) is 87.5 Å². The predicted molar refractivity (Wildman–Crippen MR) is 152 cm³/mol. The number of amides is 1. The summed E-state index contributed by atoms with van der Waals surface area (Å²) < 4.78 is 0. The van der Waals surface area contributed by atoms with E-state index < -0.39 is 12.0 Å². The molecule has 0 spiro atoms. The fourth-order valence-corrected chi connectivity index (χ4v) is 4.52. The Bertz CT molecular complexity index is 1260. The zero-order valence-corrected chi connectivity index (χ0v) is 22.2. The number of nitrogens with zero attached hydrogens (tertiary/aromatic N) is 2. The molecule has 0 saturated heterocycles. The second-order valence-corrected chi connectivity index (χ2v) is 9.60. The number of carbonyl (C=O) groups excluding carboxylic acids is 1. The second-order valence-electron chi connectivity index (χ2n) is 9.60. The molecular formula is C30H37N5O3. The molecular weight excluding hydrogens is 478 g/mol. The number of aliphatic carboxylic acids is 1. The Kier molecular flexibility index (Phi) is 10.0. The third kappa shape index (κ3) is 6.98. The fraction of sp³-hybridized carbons (Fsp3) is 0.300. The SMILES string of the molecule is CCCCC(=O)N(Cc1ccc(-c2cc(-c3ccccc3)ccc2/C(N)=N/NN)cc1)C(C(=O)O)C(C)C. The van der Waals surface area contributed by atoms with E-state index in [1.54, 1.807) is 0 Å². The van der Waals surface area contributed by atoms with Gasteiger partial charge >= 0.3 is 5.97 Å². The summed E-state index contributed by atoms with van der Waals surface area (Å²) in [5.41, 5.74) is 13.9. The van der Waals surface area contributed by atoms with Gasteiger partial charge in [0.15, 0.2) is 5.84 Å². The number of rotatable bonds is 12. The summed E-state index contributed by atoms with van der Waals surface area (Å²) in [6.45, 7) is 5.88. The second kappa shape index (κ2) is 13.4. The van der Waals surface area contributed by atoms with Gasteiger partial charge in [-0.05, 0) is 52.3 Å². The zero-order chi connectivity index (χ0) is 27.7. The number of hydrogen-bond acceptors (Lipinski definition) is 5. The molecule has 38 heavy (non-hydrogen) atoms. The number of carbonyl (C=O) groups is 2. The lowest BCUT2D eigenvalue weighted by atomic mass is 9.93. The standard InChI is InChI=1S/C30H37N5O3/c1-4-5-11-27(36)35(28(20(2)3)30(37)38)19-21-12-14-23(15-13-21)26-18-24(22-9-7-6-8-10-22)16-17-25(26)29(31)33-34-32/h6-10,12-18,20,28,34H,4-5,11,19,32H2,1-3H3,(H2,31,33)(H,37,38). The monoisotopic (exact) mass is 515 g/mol. The minimum Gasteiger partial charge on any atom is -0.480 e. The number of hydrazone groups is 1. The summed E-state index contributed by atoms with van der Waals surface area (Å²) in [5.74, 6) is 4.26. The number of amidine groups is 1. The minimum atomic E-state index is -0.993. The lowest BCUT2D eigenvalue weighted by molar-refractivity contribution is -0.153. The molecule has 0 radical (unpaired) electrons. The van der Waals surface area contributed by atoms with Crippen molar-refractivity contribution in [3.8, 4) is 22.3 Å². The van der Waals surface area contributed by atoms with Crippen LogP contribution in [0.15, 0.2) is 77.9 Å². The number of hydrogen-bond donors (Lipinski definition) is 4. The van der Waals surface area contributed by atoms with Gasteiger partial charge in [-0.1, -0.05) is 87.9 Å². The van der Waals surface area contributed by atoms with Gasteiger partial charge in [0.25, 0.3) is 0 Å². The van der Waals surface area contributed by atoms with Crippen molar-refractivity contribution >= 4 is 17.7 Å². The van der Waals surface area contributed by atoms with Gasteiger partial charge in [-0.3, -0.25) is 4.79 Å². The third-order valence-electron chi connectivity index (χ3n) is 6.49. The highest BCUT2D eigenvalue weighted by molar-refractivity contribution is 6.04. The van der Waals surface area contributed by atoms with Crippen LogP contribution in [0.3, 0.4) is 0 Å². The van der Waals surface area contributed by atoms with Gasteiger partial charge in [0.2, 0.25) is 5.91 Å². The first-order valence-corrected chi connectivity index (χ1v) is 12.9. The molecule has 0 saturated carbocycles. The Labute approximate surface area is 224 Å². The number of nitrogens with one attached hydrogen (secondary N) is 1. The Morgan fingerprint density at radius 1 is 0.974 bits per heavy atom. The zero-order valence-electron chi connectivity index (χ0n) is 22.2. The van der Waals surface area contributed by atoms with Gasteiger partial charge in [0.05, 0.1) is 0 Å². The maximum atomic E-state index is 13.0. The van der Waals surface area contributed by atoms with Gasteiger partial charge < -0.3 is 15.7 Å². The molecule has 0 aliphatic rings. The summed E-state index contributed by atoms with van der Waals surface area (Å²) in [6.07, 6.45) is 1.92. The van der Waals surface area contributed by atoms with E-state index in [9.17, 15) is 14.7 Å². The largest absolute Gasteiger partial charge is 0.480 e. The Balaban J connectivity index is 1.99. The summed E-state index contributed by atoms with van der Waals surface area (Å²) in [6, 6.07) is 22.8. The summed E-state index contributed by atoms with van der Waals surface area (Å²) in [7, 11) is 0. The van der Waals surface area contributed by atoms with Crippen molar-refractivity contribution in [3.63, 3.8) is 0 Å². The van der Waals surface area contributed by atoms with Crippen LogP contribution >= 0.6 is 0 Å². The van der Waals surface area contributed by atoms with Crippen molar-refractivity contribution in [3.05, 3.63) is 83.9 Å². The van der Waals surface area contributed by atoms with Crippen molar-refractivity contribution in [2.75, 3.05) is 0 Å². The first-order chi connectivity index (χ1) is 18.3. The Morgan fingerprint density at radius 3 is 2.21 bits per heavy atom. The van der Waals surface area contributed by atoms with Crippen molar-refractivity contribution < 1.29 is 14.7 Å².